The van der Waals surface area contributed by atoms with E-state index in [-0.39, 0.29) is 17.0 Å². The second kappa shape index (κ2) is 17.5. The zero-order chi connectivity index (χ0) is 15.9. The molecule has 4 heteroatoms. The van der Waals surface area contributed by atoms with Gasteiger partial charge in [0.05, 0.1) is 0 Å². The first-order valence-corrected chi connectivity index (χ1v) is 10.5. The molecule has 2 nitrogen and oxygen atoms in total. The number of rotatable bonds is 15. The molecule has 0 aromatic heterocycles. The summed E-state index contributed by atoms with van der Waals surface area (Å²) in [6.45, 7) is 7.22. The maximum atomic E-state index is 5.87. The molecule has 1 aliphatic rings. The van der Waals surface area contributed by atoms with E-state index in [0.29, 0.717) is 0 Å². The summed E-state index contributed by atoms with van der Waals surface area (Å²) < 4.78 is 0. The van der Waals surface area contributed by atoms with Gasteiger partial charge in [-0.25, -0.2) is 10.0 Å². The predicted molar refractivity (Wildman–Crippen MR) is 110 cm³/mol. The zero-order valence-corrected chi connectivity index (χ0v) is 17.9. The van der Waals surface area contributed by atoms with Crippen LogP contribution < -0.4 is 0 Å². The quantitative estimate of drug-likeness (QED) is 0.226. The Bertz CT molecular complexity index is 235. The van der Waals surface area contributed by atoms with E-state index in [1.807, 2.05) is 0 Å². The molecule has 0 radical (unpaired) electrons. The number of alkyl halides is 1. The van der Waals surface area contributed by atoms with Crippen LogP contribution in [0.2, 0.25) is 0 Å². The van der Waals surface area contributed by atoms with Crippen LogP contribution in [-0.2, 0) is 0 Å². The van der Waals surface area contributed by atoms with Gasteiger partial charge in [-0.15, -0.1) is 28.6 Å². The number of nitrogens with zero attached hydrogens (tertiary/aromatic N) is 2. The average Bonchev–Trinajstić information content (AvgIpc) is 3.06. The normalized spacial score (nSPS) is 15.3. The largest absolute Gasteiger partial charge is 0.242 e. The van der Waals surface area contributed by atoms with Crippen LogP contribution in [0.4, 0.5) is 0 Å². The molecule has 1 heterocycles. The van der Waals surface area contributed by atoms with Crippen LogP contribution in [0.1, 0.15) is 90.4 Å². The van der Waals surface area contributed by atoms with Gasteiger partial charge in [0.1, 0.15) is 0 Å². The highest BCUT2D eigenvalue weighted by atomic mass is 79.9. The third-order valence-electron chi connectivity index (χ3n) is 4.80. The van der Waals surface area contributed by atoms with Gasteiger partial charge >= 0.3 is 0 Å². The summed E-state index contributed by atoms with van der Waals surface area (Å²) in [6, 6.07) is 0. The van der Waals surface area contributed by atoms with E-state index in [0.717, 1.165) is 18.8 Å². The second-order valence-electron chi connectivity index (χ2n) is 6.84. The van der Waals surface area contributed by atoms with Crippen molar-refractivity contribution in [2.45, 2.75) is 90.4 Å². The number of hydrogen-bond donors (Lipinski definition) is 0. The topological polar surface area (TPSA) is 6.48 Å². The van der Waals surface area contributed by atoms with Crippen LogP contribution in [0.3, 0.4) is 0 Å². The highest BCUT2D eigenvalue weighted by Gasteiger charge is 2.18. The highest BCUT2D eigenvalue weighted by Crippen LogP contribution is 2.14. The van der Waals surface area contributed by atoms with Crippen molar-refractivity contribution >= 4 is 28.6 Å². The van der Waals surface area contributed by atoms with E-state index >= 15 is 0 Å². The Balaban J connectivity index is 0.00000484. The molecular formula is C19H40BrClN2. The first-order chi connectivity index (χ1) is 10.9. The lowest BCUT2D eigenvalue weighted by atomic mass is 10.1. The summed E-state index contributed by atoms with van der Waals surface area (Å²) in [5.41, 5.74) is 0. The summed E-state index contributed by atoms with van der Waals surface area (Å²) in [5.74, 6) is 0.794. The lowest BCUT2D eigenvalue weighted by Gasteiger charge is -2.31. The number of unbranched alkanes of at least 4 members (excludes halogenated alkanes) is 9. The van der Waals surface area contributed by atoms with Crippen LogP contribution in [0.15, 0.2) is 0 Å². The fourth-order valence-corrected chi connectivity index (χ4v) is 3.52. The van der Waals surface area contributed by atoms with E-state index in [1.54, 1.807) is 0 Å². The van der Waals surface area contributed by atoms with Crippen molar-refractivity contribution in [2.75, 3.05) is 32.1 Å². The van der Waals surface area contributed by atoms with E-state index < -0.39 is 0 Å². The SMILES string of the molecule is Br.CCCCCCCCCCCCN(CCCCl)N1CCCC1. The molecule has 0 unspecified atom stereocenters. The molecular weight excluding hydrogens is 372 g/mol. The molecule has 0 N–H and O–H groups in total. The molecule has 1 saturated heterocycles. The van der Waals surface area contributed by atoms with Crippen LogP contribution in [0.5, 0.6) is 0 Å². The van der Waals surface area contributed by atoms with E-state index in [2.05, 4.69) is 16.9 Å². The second-order valence-corrected chi connectivity index (χ2v) is 7.22. The van der Waals surface area contributed by atoms with Crippen LogP contribution in [-0.4, -0.2) is 42.1 Å². The Morgan fingerprint density at radius 1 is 0.739 bits per heavy atom. The smallest absolute Gasteiger partial charge is 0.0236 e. The third kappa shape index (κ3) is 12.7. The lowest BCUT2D eigenvalue weighted by molar-refractivity contribution is -0.00448. The summed E-state index contributed by atoms with van der Waals surface area (Å²) >= 11 is 5.87. The summed E-state index contributed by atoms with van der Waals surface area (Å²) in [7, 11) is 0. The monoisotopic (exact) mass is 410 g/mol. The number of hydrogen-bond acceptors (Lipinski definition) is 2. The molecule has 140 valence electrons. The molecule has 0 aliphatic carbocycles. The van der Waals surface area contributed by atoms with Crippen molar-refractivity contribution in [1.29, 1.82) is 0 Å². The van der Waals surface area contributed by atoms with Crippen LogP contribution >= 0.6 is 28.6 Å². The summed E-state index contributed by atoms with van der Waals surface area (Å²) in [5, 5.41) is 5.15. The minimum absolute atomic E-state index is 0. The van der Waals surface area contributed by atoms with Crippen molar-refractivity contribution in [2.24, 2.45) is 0 Å². The average molecular weight is 412 g/mol. The maximum Gasteiger partial charge on any atom is 0.0236 e. The van der Waals surface area contributed by atoms with E-state index in [9.17, 15) is 0 Å². The van der Waals surface area contributed by atoms with Gasteiger partial charge in [-0.3, -0.25) is 0 Å². The Kier molecular flexibility index (Phi) is 18.0. The standard InChI is InChI=1S/C19H39ClN2.BrH/c1-2-3-4-5-6-7-8-9-10-11-16-22(19-14-15-20)21-17-12-13-18-21;/h2-19H2,1H3;1H. The van der Waals surface area contributed by atoms with Crippen molar-refractivity contribution in [1.82, 2.24) is 10.0 Å². The zero-order valence-electron chi connectivity index (χ0n) is 15.4. The molecule has 0 amide bonds. The Hall–Kier alpha value is 0.690. The predicted octanol–water partition coefficient (Wildman–Crippen LogP) is 6.43. The van der Waals surface area contributed by atoms with Gasteiger partial charge in [0.2, 0.25) is 0 Å². The molecule has 1 rings (SSSR count). The molecule has 0 aromatic rings. The molecule has 0 aromatic carbocycles. The van der Waals surface area contributed by atoms with Gasteiger partial charge in [0.15, 0.2) is 0 Å². The van der Waals surface area contributed by atoms with Gasteiger partial charge < -0.3 is 0 Å². The van der Waals surface area contributed by atoms with Gasteiger partial charge in [-0.05, 0) is 25.7 Å². The molecule has 0 atom stereocenters. The molecule has 1 aliphatic heterocycles. The van der Waals surface area contributed by atoms with E-state index in [1.165, 1.54) is 96.7 Å². The fraction of sp³-hybridized carbons (Fsp3) is 1.00. The molecule has 0 bridgehead atoms. The van der Waals surface area contributed by atoms with Crippen LogP contribution in [0, 0.1) is 0 Å². The Labute approximate surface area is 161 Å². The van der Waals surface area contributed by atoms with Crippen molar-refractivity contribution < 1.29 is 0 Å². The summed E-state index contributed by atoms with van der Waals surface area (Å²) in [4.78, 5) is 0. The number of halogens is 2. The molecule has 23 heavy (non-hydrogen) atoms. The van der Waals surface area contributed by atoms with Gasteiger partial charge in [-0.2, -0.15) is 0 Å². The maximum absolute atomic E-state index is 5.87. The van der Waals surface area contributed by atoms with Crippen LogP contribution in [0.25, 0.3) is 0 Å². The molecule has 1 fully saturated rings. The lowest BCUT2D eigenvalue weighted by Crippen LogP contribution is -2.42. The minimum Gasteiger partial charge on any atom is -0.242 e. The number of hydrazine groups is 1. The van der Waals surface area contributed by atoms with Crippen molar-refractivity contribution in [3.63, 3.8) is 0 Å². The Morgan fingerprint density at radius 3 is 1.74 bits per heavy atom. The first kappa shape index (κ1) is 23.7. The van der Waals surface area contributed by atoms with Crippen molar-refractivity contribution in [3.05, 3.63) is 0 Å². The van der Waals surface area contributed by atoms with Gasteiger partial charge in [-0.1, -0.05) is 64.7 Å². The molecule has 0 spiro atoms. The van der Waals surface area contributed by atoms with E-state index in [4.69, 9.17) is 11.6 Å². The minimum atomic E-state index is 0. The van der Waals surface area contributed by atoms with Crippen molar-refractivity contribution in [3.8, 4) is 0 Å². The molecule has 0 saturated carbocycles. The highest BCUT2D eigenvalue weighted by molar-refractivity contribution is 8.93. The fourth-order valence-electron chi connectivity index (χ4n) is 3.40. The van der Waals surface area contributed by atoms with Gasteiger partial charge in [0.25, 0.3) is 0 Å². The third-order valence-corrected chi connectivity index (χ3v) is 5.07. The Morgan fingerprint density at radius 2 is 1.22 bits per heavy atom. The summed E-state index contributed by atoms with van der Waals surface area (Å²) in [6.07, 6.45) is 18.1. The first-order valence-electron chi connectivity index (χ1n) is 9.94. The van der Waals surface area contributed by atoms with Gasteiger partial charge in [0, 0.05) is 32.1 Å².